The fraction of sp³-hybridized carbons (Fsp3) is 1.00. The Morgan fingerprint density at radius 3 is 1.06 bits per heavy atom. The van der Waals surface area contributed by atoms with Crippen molar-refractivity contribution in [2.45, 2.75) is 36.5 Å². The van der Waals surface area contributed by atoms with Crippen LogP contribution in [0.15, 0.2) is 0 Å². The number of hydrogen-bond acceptors (Lipinski definition) is 0. The Bertz CT molecular complexity index is 298. The molecule has 1 rings (SSSR count). The predicted molar refractivity (Wildman–Crippen MR) is 33.9 cm³/mol. The molecule has 0 heterocycles. The van der Waals surface area contributed by atoms with Gasteiger partial charge in [-0.05, 0) is 0 Å². The van der Waals surface area contributed by atoms with Crippen LogP contribution in [0.2, 0.25) is 0 Å². The Kier molecular flexibility index (Phi) is 2.53. The summed E-state index contributed by atoms with van der Waals surface area (Å²) in [4.78, 5) is 0. The van der Waals surface area contributed by atoms with E-state index in [4.69, 9.17) is 0 Å². The molecule has 0 aromatic heterocycles. The normalized spacial score (nSPS) is 30.5. The Balaban J connectivity index is 3.54. The van der Waals surface area contributed by atoms with Crippen LogP contribution in [0.4, 0.5) is 43.9 Å². The van der Waals surface area contributed by atoms with Gasteiger partial charge >= 0.3 is 23.7 Å². The summed E-state index contributed by atoms with van der Waals surface area (Å²) in [6.07, 6.45) is 0. The zero-order valence-corrected chi connectivity index (χ0v) is 7.86. The van der Waals surface area contributed by atoms with E-state index in [0.29, 0.717) is 0 Å². The lowest BCUT2D eigenvalue weighted by Gasteiger charge is -2.28. The standard InChI is InChI=1S/C7H4F10/c1-3(8,9)2-4(10,11)6(14,15)7(16,17)5(2,12)13/h2H,1H3. The van der Waals surface area contributed by atoms with Crippen molar-refractivity contribution in [3.63, 3.8) is 0 Å². The smallest absolute Gasteiger partial charge is 0.206 e. The van der Waals surface area contributed by atoms with E-state index in [1.807, 2.05) is 0 Å². The van der Waals surface area contributed by atoms with Crippen LogP contribution in [-0.4, -0.2) is 29.6 Å². The van der Waals surface area contributed by atoms with Gasteiger partial charge in [0.25, 0.3) is 5.92 Å². The second-order valence-corrected chi connectivity index (χ2v) is 3.78. The summed E-state index contributed by atoms with van der Waals surface area (Å²) in [7, 11) is 0. The summed E-state index contributed by atoms with van der Waals surface area (Å²) in [5, 5.41) is 0. The highest BCUT2D eigenvalue weighted by Crippen LogP contribution is 2.68. The second kappa shape index (κ2) is 3.00. The van der Waals surface area contributed by atoms with E-state index < -0.39 is 42.5 Å². The topological polar surface area (TPSA) is 0 Å². The van der Waals surface area contributed by atoms with Gasteiger partial charge in [0.1, 0.15) is 0 Å². The van der Waals surface area contributed by atoms with Crippen LogP contribution in [0.25, 0.3) is 0 Å². The Morgan fingerprint density at radius 1 is 0.706 bits per heavy atom. The maximum atomic E-state index is 12.7. The summed E-state index contributed by atoms with van der Waals surface area (Å²) in [5.41, 5.74) is 0. The zero-order valence-electron chi connectivity index (χ0n) is 7.86. The van der Waals surface area contributed by atoms with Crippen LogP contribution in [0, 0.1) is 5.92 Å². The van der Waals surface area contributed by atoms with Crippen molar-refractivity contribution < 1.29 is 43.9 Å². The zero-order chi connectivity index (χ0) is 14.1. The summed E-state index contributed by atoms with van der Waals surface area (Å²) < 4.78 is 126. The SMILES string of the molecule is CC(F)(F)C1C(F)(F)C(F)(F)C(F)(F)C1(F)F. The average Bonchev–Trinajstić information content (AvgIpc) is 2.03. The van der Waals surface area contributed by atoms with Gasteiger partial charge in [-0.1, -0.05) is 0 Å². The summed E-state index contributed by atoms with van der Waals surface area (Å²) in [6.45, 7) is -0.545. The molecule has 1 aliphatic carbocycles. The third kappa shape index (κ3) is 1.38. The average molecular weight is 278 g/mol. The maximum absolute atomic E-state index is 12.7. The van der Waals surface area contributed by atoms with Gasteiger partial charge < -0.3 is 0 Å². The van der Waals surface area contributed by atoms with Gasteiger partial charge in [-0.25, -0.2) is 8.78 Å². The maximum Gasteiger partial charge on any atom is 0.378 e. The van der Waals surface area contributed by atoms with E-state index in [1.165, 1.54) is 0 Å². The molecule has 0 nitrogen and oxygen atoms in total. The van der Waals surface area contributed by atoms with E-state index in [1.54, 1.807) is 0 Å². The molecule has 0 spiro atoms. The molecule has 0 N–H and O–H groups in total. The molecule has 0 saturated heterocycles. The molecule has 102 valence electrons. The van der Waals surface area contributed by atoms with Crippen molar-refractivity contribution in [3.05, 3.63) is 0 Å². The first-order valence-corrected chi connectivity index (χ1v) is 4.01. The monoisotopic (exact) mass is 278 g/mol. The van der Waals surface area contributed by atoms with Crippen molar-refractivity contribution in [1.82, 2.24) is 0 Å². The van der Waals surface area contributed by atoms with Crippen LogP contribution in [0.1, 0.15) is 6.92 Å². The number of halogens is 10. The Hall–Kier alpha value is -0.700. The minimum atomic E-state index is -6.55. The molecule has 1 aliphatic rings. The van der Waals surface area contributed by atoms with Crippen LogP contribution < -0.4 is 0 Å². The molecule has 0 amide bonds. The number of rotatable bonds is 1. The fourth-order valence-electron chi connectivity index (χ4n) is 1.65. The first-order valence-electron chi connectivity index (χ1n) is 4.01. The fourth-order valence-corrected chi connectivity index (χ4v) is 1.65. The highest BCUT2D eigenvalue weighted by atomic mass is 19.4. The Labute approximate surface area is 87.6 Å². The first-order chi connectivity index (χ1) is 7.12. The van der Waals surface area contributed by atoms with Gasteiger partial charge in [-0.2, -0.15) is 35.1 Å². The van der Waals surface area contributed by atoms with E-state index in [2.05, 4.69) is 0 Å². The summed E-state index contributed by atoms with van der Waals surface area (Å²) in [6, 6.07) is 0. The lowest BCUT2D eigenvalue weighted by Crippen LogP contribution is -2.51. The summed E-state index contributed by atoms with van der Waals surface area (Å²) >= 11 is 0. The van der Waals surface area contributed by atoms with E-state index in [0.717, 1.165) is 0 Å². The second-order valence-electron chi connectivity index (χ2n) is 3.78. The molecule has 0 aliphatic heterocycles. The first kappa shape index (κ1) is 14.4. The van der Waals surface area contributed by atoms with E-state index >= 15 is 0 Å². The van der Waals surface area contributed by atoms with E-state index in [9.17, 15) is 43.9 Å². The number of alkyl halides is 10. The van der Waals surface area contributed by atoms with Crippen molar-refractivity contribution in [2.75, 3.05) is 0 Å². The van der Waals surface area contributed by atoms with Crippen molar-refractivity contribution in [3.8, 4) is 0 Å². The third-order valence-corrected chi connectivity index (χ3v) is 2.46. The molecular weight excluding hydrogens is 274 g/mol. The number of hydrogen-bond donors (Lipinski definition) is 0. The minimum absolute atomic E-state index is 0.545. The van der Waals surface area contributed by atoms with Gasteiger partial charge in [-0.3, -0.25) is 0 Å². The lowest BCUT2D eigenvalue weighted by molar-refractivity contribution is -0.303. The van der Waals surface area contributed by atoms with Crippen LogP contribution in [-0.2, 0) is 0 Å². The van der Waals surface area contributed by atoms with Gasteiger partial charge in [0, 0.05) is 6.92 Å². The van der Waals surface area contributed by atoms with Gasteiger partial charge in [0.15, 0.2) is 5.92 Å². The molecular formula is C7H4F10. The van der Waals surface area contributed by atoms with Crippen molar-refractivity contribution >= 4 is 0 Å². The lowest BCUT2D eigenvalue weighted by atomic mass is 9.94. The molecule has 0 aromatic rings. The molecule has 0 unspecified atom stereocenters. The molecule has 1 fully saturated rings. The molecule has 1 saturated carbocycles. The van der Waals surface area contributed by atoms with Gasteiger partial charge in [0.2, 0.25) is 0 Å². The van der Waals surface area contributed by atoms with Crippen LogP contribution in [0.5, 0.6) is 0 Å². The molecule has 10 heteroatoms. The molecule has 0 bridgehead atoms. The van der Waals surface area contributed by atoms with Gasteiger partial charge in [0.05, 0.1) is 0 Å². The molecule has 0 aromatic carbocycles. The largest absolute Gasteiger partial charge is 0.378 e. The molecule has 0 radical (unpaired) electrons. The summed E-state index contributed by atoms with van der Waals surface area (Å²) in [5.74, 6) is -35.4. The van der Waals surface area contributed by atoms with E-state index in [-0.39, 0.29) is 0 Å². The predicted octanol–water partition coefficient (Wildman–Crippen LogP) is 3.81. The minimum Gasteiger partial charge on any atom is -0.206 e. The van der Waals surface area contributed by atoms with Crippen LogP contribution in [0.3, 0.4) is 0 Å². The third-order valence-electron chi connectivity index (χ3n) is 2.46. The molecule has 17 heavy (non-hydrogen) atoms. The quantitative estimate of drug-likeness (QED) is 0.640. The highest BCUT2D eigenvalue weighted by molar-refractivity contribution is 5.20. The highest BCUT2D eigenvalue weighted by Gasteiger charge is 2.96. The van der Waals surface area contributed by atoms with Crippen LogP contribution >= 0.6 is 0 Å². The van der Waals surface area contributed by atoms with Crippen molar-refractivity contribution in [1.29, 1.82) is 0 Å². The molecule has 0 atom stereocenters. The Morgan fingerprint density at radius 2 is 0.941 bits per heavy atom. The van der Waals surface area contributed by atoms with Gasteiger partial charge in [-0.15, -0.1) is 0 Å². The van der Waals surface area contributed by atoms with Crippen molar-refractivity contribution in [2.24, 2.45) is 5.92 Å².